The Kier molecular flexibility index (Phi) is 12.9. The molecule has 1 aromatic carbocycles. The summed E-state index contributed by atoms with van der Waals surface area (Å²) >= 11 is 0.348. The number of nitrogens with zero attached hydrogens (tertiary/aromatic N) is 3. The molecule has 2 atom stereocenters. The first kappa shape index (κ1) is 43.7. The van der Waals surface area contributed by atoms with Gasteiger partial charge in [-0.05, 0) is 70.6 Å². The van der Waals surface area contributed by atoms with Crippen molar-refractivity contribution in [2.75, 3.05) is 26.2 Å². The molecule has 2 saturated heterocycles. The van der Waals surface area contributed by atoms with Gasteiger partial charge in [0.2, 0.25) is 5.60 Å². The summed E-state index contributed by atoms with van der Waals surface area (Å²) in [4.78, 5) is 45.8. The lowest BCUT2D eigenvalue weighted by molar-refractivity contribution is -0.161. The van der Waals surface area contributed by atoms with Gasteiger partial charge in [0.1, 0.15) is 16.3 Å². The largest absolute Gasteiger partial charge is 0.490 e. The van der Waals surface area contributed by atoms with E-state index >= 15 is 4.39 Å². The standard InChI is InChI=1S/C39H45F7N4O6S/c1-4-9-28-37(56-24-22-29(57-23-24)39(44,45)46,14-7-18-50(28)32(51)30-25(38(41,42)43)11-6-17-48-30)33(52)49-19-15-36(47,16-20-49)26-10-5-12-27(40)31(26)55-21-8-13-35(2,3)34(53)54/h5-6,10-12,17,22-23,28H,4,7-9,13-16,18-21,47H2,1-3H3,(H,53,54)/t28-,37+/m1/s1. The number of para-hydroxylation sites is 1. The Bertz CT molecular complexity index is 1930. The number of amides is 2. The summed E-state index contributed by atoms with van der Waals surface area (Å²) in [7, 11) is 0. The molecule has 10 nitrogen and oxygen atoms in total. The quantitative estimate of drug-likeness (QED) is 0.130. The summed E-state index contributed by atoms with van der Waals surface area (Å²) < 4.78 is 111. The van der Waals surface area contributed by atoms with Crippen molar-refractivity contribution in [2.45, 2.75) is 102 Å². The van der Waals surface area contributed by atoms with E-state index in [1.807, 2.05) is 0 Å². The molecule has 0 saturated carbocycles. The minimum atomic E-state index is -4.93. The van der Waals surface area contributed by atoms with Crippen LogP contribution in [0.3, 0.4) is 0 Å². The fourth-order valence-electron chi connectivity index (χ4n) is 7.56. The normalized spacial score (nSPS) is 20.3. The van der Waals surface area contributed by atoms with Gasteiger partial charge < -0.3 is 30.1 Å². The number of carbonyl (C=O) groups excluding carboxylic acids is 2. The van der Waals surface area contributed by atoms with Gasteiger partial charge in [0.25, 0.3) is 11.8 Å². The lowest BCUT2D eigenvalue weighted by Gasteiger charge is -2.51. The van der Waals surface area contributed by atoms with Crippen molar-refractivity contribution >= 4 is 29.1 Å². The van der Waals surface area contributed by atoms with Crippen molar-refractivity contribution < 1.29 is 59.7 Å². The molecule has 5 rings (SSSR count). The molecule has 0 spiro atoms. The monoisotopic (exact) mass is 830 g/mol. The predicted molar refractivity (Wildman–Crippen MR) is 195 cm³/mol. The SMILES string of the molecule is CCC[C@H]1N(C(=O)c2ncccc2C(F)(F)F)CCC[C@@]1(Oc1csc(C(F)(F)F)c1)C(=O)N1CCC(N)(c2cccc(F)c2OCCCC(C)(C)C(=O)O)CC1. The van der Waals surface area contributed by atoms with E-state index in [0.717, 1.165) is 34.7 Å². The number of likely N-dealkylation sites (tertiary alicyclic amines) is 2. The molecule has 2 aliphatic rings. The number of aliphatic carboxylic acids is 1. The molecule has 2 aromatic heterocycles. The van der Waals surface area contributed by atoms with Crippen LogP contribution in [0.1, 0.15) is 98.6 Å². The van der Waals surface area contributed by atoms with E-state index in [2.05, 4.69) is 4.98 Å². The van der Waals surface area contributed by atoms with Crippen LogP contribution in [0.5, 0.6) is 11.5 Å². The highest BCUT2D eigenvalue weighted by Crippen LogP contribution is 2.44. The van der Waals surface area contributed by atoms with Gasteiger partial charge in [0.05, 0.1) is 23.6 Å². The molecule has 0 bridgehead atoms. The lowest BCUT2D eigenvalue weighted by Crippen LogP contribution is -2.69. The first-order valence-electron chi connectivity index (χ1n) is 18.6. The number of piperidine rings is 2. The number of alkyl halides is 6. The number of aromatic nitrogens is 1. The van der Waals surface area contributed by atoms with Crippen LogP contribution < -0.4 is 15.2 Å². The van der Waals surface area contributed by atoms with Gasteiger partial charge in [-0.3, -0.25) is 19.4 Å². The fraction of sp³-hybridized carbons (Fsp3) is 0.538. The van der Waals surface area contributed by atoms with E-state index in [0.29, 0.717) is 29.7 Å². The second kappa shape index (κ2) is 16.8. The highest BCUT2D eigenvalue weighted by Gasteiger charge is 2.56. The fourth-order valence-corrected chi connectivity index (χ4v) is 8.24. The van der Waals surface area contributed by atoms with Gasteiger partial charge in [0.15, 0.2) is 11.6 Å². The van der Waals surface area contributed by atoms with Crippen LogP contribution in [0.15, 0.2) is 48.0 Å². The molecular formula is C39H45F7N4O6S. The number of thiophene rings is 1. The third kappa shape index (κ3) is 9.32. The zero-order valence-electron chi connectivity index (χ0n) is 31.6. The molecule has 4 heterocycles. The zero-order chi connectivity index (χ0) is 42.0. The summed E-state index contributed by atoms with van der Waals surface area (Å²) in [5.74, 6) is -3.86. The zero-order valence-corrected chi connectivity index (χ0v) is 32.5. The van der Waals surface area contributed by atoms with Gasteiger partial charge >= 0.3 is 18.3 Å². The number of nitrogens with two attached hydrogens (primary N) is 1. The van der Waals surface area contributed by atoms with Crippen LogP contribution in [0, 0.1) is 11.2 Å². The maximum absolute atomic E-state index is 15.3. The highest BCUT2D eigenvalue weighted by atomic mass is 32.1. The number of ether oxygens (including phenoxy) is 2. The number of carboxylic acids is 1. The molecule has 0 unspecified atom stereocenters. The number of halogens is 7. The molecule has 18 heteroatoms. The van der Waals surface area contributed by atoms with E-state index < -0.39 is 74.7 Å². The Balaban J connectivity index is 1.46. The van der Waals surface area contributed by atoms with Crippen LogP contribution in [0.25, 0.3) is 0 Å². The number of carboxylic acid groups (broad SMARTS) is 1. The summed E-state index contributed by atoms with van der Waals surface area (Å²) in [5.41, 5.74) is 0.806. The maximum Gasteiger partial charge on any atom is 0.425 e. The smallest absolute Gasteiger partial charge is 0.425 e. The van der Waals surface area contributed by atoms with Gasteiger partial charge in [-0.15, -0.1) is 11.3 Å². The van der Waals surface area contributed by atoms with Crippen LogP contribution in [0.2, 0.25) is 0 Å². The summed E-state index contributed by atoms with van der Waals surface area (Å²) in [6.07, 6.45) is -7.55. The average molecular weight is 831 g/mol. The summed E-state index contributed by atoms with van der Waals surface area (Å²) in [6, 6.07) is 5.56. The number of hydrogen-bond acceptors (Lipinski definition) is 8. The van der Waals surface area contributed by atoms with Gasteiger partial charge in [-0.1, -0.05) is 25.5 Å². The predicted octanol–water partition coefficient (Wildman–Crippen LogP) is 8.29. The molecule has 3 aromatic rings. The van der Waals surface area contributed by atoms with Crippen molar-refractivity contribution in [1.29, 1.82) is 0 Å². The van der Waals surface area contributed by atoms with Gasteiger partial charge in [-0.2, -0.15) is 26.3 Å². The molecule has 57 heavy (non-hydrogen) atoms. The number of benzene rings is 1. The third-order valence-corrected chi connectivity index (χ3v) is 11.7. The van der Waals surface area contributed by atoms with Gasteiger partial charge in [-0.25, -0.2) is 4.39 Å². The second-order valence-corrected chi connectivity index (χ2v) is 16.1. The van der Waals surface area contributed by atoms with Crippen LogP contribution >= 0.6 is 11.3 Å². The van der Waals surface area contributed by atoms with Crippen molar-refractivity contribution in [1.82, 2.24) is 14.8 Å². The number of hydrogen-bond donors (Lipinski definition) is 2. The molecule has 312 valence electrons. The van der Waals surface area contributed by atoms with Crippen molar-refractivity contribution in [2.24, 2.45) is 11.1 Å². The van der Waals surface area contributed by atoms with E-state index in [9.17, 15) is 45.8 Å². The Morgan fingerprint density at radius 3 is 2.33 bits per heavy atom. The van der Waals surface area contributed by atoms with Crippen molar-refractivity contribution in [3.05, 3.63) is 75.5 Å². The van der Waals surface area contributed by atoms with E-state index in [4.69, 9.17) is 15.2 Å². The molecule has 2 aliphatic heterocycles. The lowest BCUT2D eigenvalue weighted by atomic mass is 9.77. The molecular weight excluding hydrogens is 786 g/mol. The number of pyridine rings is 1. The number of carbonyl (C=O) groups is 3. The first-order valence-corrected chi connectivity index (χ1v) is 19.4. The Hall–Kier alpha value is -4.45. The molecule has 2 fully saturated rings. The highest BCUT2D eigenvalue weighted by molar-refractivity contribution is 7.10. The molecule has 3 N–H and O–H groups in total. The molecule has 0 aliphatic carbocycles. The minimum absolute atomic E-state index is 0.000825. The maximum atomic E-state index is 15.3. The Labute approximate surface area is 329 Å². The van der Waals surface area contributed by atoms with Crippen LogP contribution in [-0.4, -0.2) is 75.6 Å². The summed E-state index contributed by atoms with van der Waals surface area (Å²) in [5, 5.41) is 10.5. The van der Waals surface area contributed by atoms with Gasteiger partial charge in [0, 0.05) is 54.8 Å². The summed E-state index contributed by atoms with van der Waals surface area (Å²) in [6.45, 7) is 4.73. The second-order valence-electron chi connectivity index (χ2n) is 15.1. The minimum Gasteiger partial charge on any atom is -0.490 e. The van der Waals surface area contributed by atoms with E-state index in [1.165, 1.54) is 17.0 Å². The molecule has 0 radical (unpaired) electrons. The van der Waals surface area contributed by atoms with Crippen molar-refractivity contribution in [3.63, 3.8) is 0 Å². The Morgan fingerprint density at radius 2 is 1.72 bits per heavy atom. The molecule has 2 amide bonds. The number of rotatable bonds is 13. The van der Waals surface area contributed by atoms with Crippen LogP contribution in [0.4, 0.5) is 30.7 Å². The Morgan fingerprint density at radius 1 is 1.02 bits per heavy atom. The van der Waals surface area contributed by atoms with E-state index in [1.54, 1.807) is 26.8 Å². The average Bonchev–Trinajstić information content (AvgIpc) is 3.63. The van der Waals surface area contributed by atoms with Crippen LogP contribution in [-0.2, 0) is 27.5 Å². The first-order chi connectivity index (χ1) is 26.6. The topological polar surface area (TPSA) is 135 Å². The van der Waals surface area contributed by atoms with E-state index in [-0.39, 0.29) is 76.3 Å². The van der Waals surface area contributed by atoms with Crippen molar-refractivity contribution in [3.8, 4) is 11.5 Å². The third-order valence-electron chi connectivity index (χ3n) is 10.7.